The maximum absolute atomic E-state index is 11.2. The van der Waals surface area contributed by atoms with Gasteiger partial charge in [0.05, 0.1) is 0 Å². The molecular formula is C7H10N2O2. The summed E-state index contributed by atoms with van der Waals surface area (Å²) in [5.74, 6) is 0.134. The molecule has 1 saturated carbocycles. The highest BCUT2D eigenvalue weighted by molar-refractivity contribution is 6.07. The van der Waals surface area contributed by atoms with Gasteiger partial charge in [-0.2, -0.15) is 0 Å². The van der Waals surface area contributed by atoms with E-state index in [1.807, 2.05) is 6.92 Å². The van der Waals surface area contributed by atoms with Crippen LogP contribution in [0, 0.1) is 5.92 Å². The normalized spacial score (nSPS) is 41.7. The van der Waals surface area contributed by atoms with Crippen molar-refractivity contribution in [2.24, 2.45) is 5.92 Å². The molecule has 1 aliphatic carbocycles. The fourth-order valence-corrected chi connectivity index (χ4v) is 1.75. The van der Waals surface area contributed by atoms with Crippen molar-refractivity contribution in [2.75, 3.05) is 0 Å². The molecule has 11 heavy (non-hydrogen) atoms. The Bertz CT molecular complexity index is 239. The van der Waals surface area contributed by atoms with Crippen LogP contribution in [0.25, 0.3) is 0 Å². The zero-order chi connectivity index (χ0) is 8.06. The molecule has 2 N–H and O–H groups in total. The van der Waals surface area contributed by atoms with Crippen LogP contribution < -0.4 is 10.6 Å². The predicted octanol–water partition coefficient (Wildman–Crippen LogP) is -0.00550. The van der Waals surface area contributed by atoms with E-state index in [1.54, 1.807) is 0 Å². The molecule has 0 aromatic heterocycles. The van der Waals surface area contributed by atoms with Gasteiger partial charge in [-0.25, -0.2) is 4.79 Å². The zero-order valence-corrected chi connectivity index (χ0v) is 6.31. The van der Waals surface area contributed by atoms with Crippen molar-refractivity contribution < 1.29 is 9.59 Å². The van der Waals surface area contributed by atoms with Crippen LogP contribution in [0.15, 0.2) is 0 Å². The molecule has 4 nitrogen and oxygen atoms in total. The Morgan fingerprint density at radius 1 is 1.55 bits per heavy atom. The van der Waals surface area contributed by atoms with Crippen LogP contribution in [-0.4, -0.2) is 17.5 Å². The third kappa shape index (κ3) is 0.640. The lowest BCUT2D eigenvalue weighted by Crippen LogP contribution is -2.58. The summed E-state index contributed by atoms with van der Waals surface area (Å²) in [6.07, 6.45) is 1.80. The molecule has 2 atom stereocenters. The van der Waals surface area contributed by atoms with Crippen molar-refractivity contribution in [2.45, 2.75) is 25.3 Å². The van der Waals surface area contributed by atoms with E-state index in [0.717, 1.165) is 12.8 Å². The van der Waals surface area contributed by atoms with Crippen LogP contribution in [0.2, 0.25) is 0 Å². The molecule has 1 heterocycles. The van der Waals surface area contributed by atoms with Crippen LogP contribution in [-0.2, 0) is 4.79 Å². The summed E-state index contributed by atoms with van der Waals surface area (Å²) in [6, 6.07) is -0.346. The molecule has 1 saturated heterocycles. The average Bonchev–Trinajstić information content (AvgIpc) is 2.25. The van der Waals surface area contributed by atoms with Crippen LogP contribution in [0.3, 0.4) is 0 Å². The maximum Gasteiger partial charge on any atom is 0.322 e. The smallest absolute Gasteiger partial charge is 0.322 e. The molecule has 1 spiro atoms. The average molecular weight is 154 g/mol. The number of hydrogen-bond acceptors (Lipinski definition) is 2. The minimum absolute atomic E-state index is 0.152. The Balaban J connectivity index is 2.26. The molecule has 60 valence electrons. The predicted molar refractivity (Wildman–Crippen MR) is 37.8 cm³/mol. The van der Waals surface area contributed by atoms with Crippen molar-refractivity contribution in [3.63, 3.8) is 0 Å². The summed E-state index contributed by atoms with van der Waals surface area (Å²) in [5.41, 5.74) is -0.545. The number of amides is 3. The third-order valence-electron chi connectivity index (χ3n) is 2.78. The van der Waals surface area contributed by atoms with Gasteiger partial charge >= 0.3 is 6.03 Å². The monoisotopic (exact) mass is 154 g/mol. The van der Waals surface area contributed by atoms with Gasteiger partial charge in [-0.3, -0.25) is 10.1 Å². The largest absolute Gasteiger partial charge is 0.323 e. The summed E-state index contributed by atoms with van der Waals surface area (Å²) in [6.45, 7) is 1.98. The second-order valence-corrected chi connectivity index (χ2v) is 3.32. The Morgan fingerprint density at radius 3 is 2.45 bits per heavy atom. The van der Waals surface area contributed by atoms with Gasteiger partial charge in [0.2, 0.25) is 0 Å². The minimum atomic E-state index is -0.545. The van der Waals surface area contributed by atoms with Crippen molar-refractivity contribution in [3.05, 3.63) is 0 Å². The molecule has 2 fully saturated rings. The van der Waals surface area contributed by atoms with E-state index in [2.05, 4.69) is 10.6 Å². The highest BCUT2D eigenvalue weighted by Crippen LogP contribution is 2.39. The topological polar surface area (TPSA) is 58.2 Å². The Kier molecular flexibility index (Phi) is 1.06. The number of urea groups is 1. The molecule has 1 aliphatic heterocycles. The maximum atomic E-state index is 11.2. The van der Waals surface area contributed by atoms with E-state index >= 15 is 0 Å². The first-order valence-corrected chi connectivity index (χ1v) is 3.79. The Morgan fingerprint density at radius 2 is 2.27 bits per heavy atom. The first-order chi connectivity index (χ1) is 5.15. The van der Waals surface area contributed by atoms with E-state index in [-0.39, 0.29) is 17.9 Å². The van der Waals surface area contributed by atoms with Gasteiger partial charge < -0.3 is 5.32 Å². The fourth-order valence-electron chi connectivity index (χ4n) is 1.75. The molecule has 0 aromatic rings. The second-order valence-electron chi connectivity index (χ2n) is 3.32. The van der Waals surface area contributed by atoms with Crippen molar-refractivity contribution in [1.29, 1.82) is 0 Å². The van der Waals surface area contributed by atoms with Crippen LogP contribution in [0.1, 0.15) is 19.8 Å². The Hall–Kier alpha value is -1.06. The molecule has 2 rings (SSSR count). The molecular weight excluding hydrogens is 144 g/mol. The van der Waals surface area contributed by atoms with Gasteiger partial charge in [0.1, 0.15) is 5.54 Å². The van der Waals surface area contributed by atoms with Crippen LogP contribution in [0.5, 0.6) is 0 Å². The fraction of sp³-hybridized carbons (Fsp3) is 0.714. The number of rotatable bonds is 0. The van der Waals surface area contributed by atoms with Gasteiger partial charge in [-0.15, -0.1) is 0 Å². The molecule has 0 bridgehead atoms. The summed E-state index contributed by atoms with van der Waals surface area (Å²) < 4.78 is 0. The van der Waals surface area contributed by atoms with Crippen LogP contribution in [0.4, 0.5) is 4.79 Å². The molecule has 1 unspecified atom stereocenters. The number of nitrogens with one attached hydrogen (secondary N) is 2. The third-order valence-corrected chi connectivity index (χ3v) is 2.78. The van der Waals surface area contributed by atoms with E-state index in [4.69, 9.17) is 0 Å². The van der Waals surface area contributed by atoms with Gasteiger partial charge in [0, 0.05) is 0 Å². The number of hydrogen-bond donors (Lipinski definition) is 2. The standard InChI is InChI=1S/C7H10N2O2/c1-4-2-3-7(4)5(10)8-6(11)9-7/h4H,2-3H2,1H3,(H2,8,9,10,11)/t4?,7-/m1/s1. The summed E-state index contributed by atoms with van der Waals surface area (Å²) >= 11 is 0. The first-order valence-electron chi connectivity index (χ1n) is 3.79. The first kappa shape index (κ1) is 6.64. The van der Waals surface area contributed by atoms with Gasteiger partial charge in [0.15, 0.2) is 0 Å². The quantitative estimate of drug-likeness (QED) is 0.482. The van der Waals surface area contributed by atoms with Crippen molar-refractivity contribution >= 4 is 11.9 Å². The van der Waals surface area contributed by atoms with Crippen LogP contribution >= 0.6 is 0 Å². The summed E-state index contributed by atoms with van der Waals surface area (Å²) in [4.78, 5) is 22.0. The lowest BCUT2D eigenvalue weighted by atomic mass is 9.68. The number of carbonyl (C=O) groups is 2. The van der Waals surface area contributed by atoms with E-state index in [1.165, 1.54) is 0 Å². The highest BCUT2D eigenvalue weighted by atomic mass is 16.2. The SMILES string of the molecule is CC1CC[C@@]12NC(=O)NC2=O. The van der Waals surface area contributed by atoms with E-state index < -0.39 is 5.54 Å². The molecule has 2 aliphatic rings. The second kappa shape index (κ2) is 1.75. The summed E-state index contributed by atoms with van der Waals surface area (Å²) in [7, 11) is 0. The van der Waals surface area contributed by atoms with E-state index in [9.17, 15) is 9.59 Å². The summed E-state index contributed by atoms with van der Waals surface area (Å²) in [5, 5.41) is 4.92. The zero-order valence-electron chi connectivity index (χ0n) is 6.31. The van der Waals surface area contributed by atoms with Gasteiger partial charge in [-0.05, 0) is 18.8 Å². The number of carbonyl (C=O) groups excluding carboxylic acids is 2. The molecule has 3 amide bonds. The lowest BCUT2D eigenvalue weighted by Gasteiger charge is -2.41. The minimum Gasteiger partial charge on any atom is -0.323 e. The van der Waals surface area contributed by atoms with Gasteiger partial charge in [-0.1, -0.05) is 6.92 Å². The lowest BCUT2D eigenvalue weighted by molar-refractivity contribution is -0.129. The van der Waals surface area contributed by atoms with Crippen molar-refractivity contribution in [1.82, 2.24) is 10.6 Å². The molecule has 0 radical (unpaired) electrons. The number of imide groups is 1. The van der Waals surface area contributed by atoms with Gasteiger partial charge in [0.25, 0.3) is 5.91 Å². The highest BCUT2D eigenvalue weighted by Gasteiger charge is 2.55. The Labute approximate surface area is 64.3 Å². The van der Waals surface area contributed by atoms with E-state index in [0.29, 0.717) is 0 Å². The molecule has 0 aromatic carbocycles. The molecule has 4 heteroatoms. The van der Waals surface area contributed by atoms with Crippen molar-refractivity contribution in [3.8, 4) is 0 Å².